The zero-order valence-corrected chi connectivity index (χ0v) is 17.0. The van der Waals surface area contributed by atoms with Crippen LogP contribution in [0.15, 0.2) is 24.3 Å². The number of carbonyl (C=O) groups excluding carboxylic acids is 3. The van der Waals surface area contributed by atoms with Crippen molar-refractivity contribution in [3.63, 3.8) is 0 Å². The Labute approximate surface area is 170 Å². The first-order valence-corrected chi connectivity index (χ1v) is 11.8. The van der Waals surface area contributed by atoms with Gasteiger partial charge in [-0.1, -0.05) is 12.1 Å². The zero-order valence-electron chi connectivity index (χ0n) is 16.2. The van der Waals surface area contributed by atoms with Crippen LogP contribution in [-0.2, 0) is 21.2 Å². The number of nitrogens with zero attached hydrogens (tertiary/aromatic N) is 2. The highest BCUT2D eigenvalue weighted by Gasteiger charge is 2.53. The highest BCUT2D eigenvalue weighted by Crippen LogP contribution is 2.31. The van der Waals surface area contributed by atoms with Crippen LogP contribution in [0.2, 0.25) is 0 Å². The first-order valence-electron chi connectivity index (χ1n) is 10.0. The van der Waals surface area contributed by atoms with Crippen molar-refractivity contribution in [3.05, 3.63) is 35.4 Å². The average Bonchev–Trinajstić information content (AvgIpc) is 2.95. The van der Waals surface area contributed by atoms with Crippen LogP contribution < -0.4 is 5.32 Å². The van der Waals surface area contributed by atoms with Crippen LogP contribution in [0.25, 0.3) is 0 Å². The zero-order chi connectivity index (χ0) is 20.6. The number of piperidine rings is 1. The summed E-state index contributed by atoms with van der Waals surface area (Å²) in [5.74, 6) is -0.556. The second kappa shape index (κ2) is 7.44. The quantitative estimate of drug-likeness (QED) is 0.744. The maximum Gasteiger partial charge on any atom is 0.325 e. The Morgan fingerprint density at radius 3 is 2.24 bits per heavy atom. The Hall–Kier alpha value is -2.42. The number of rotatable bonds is 3. The lowest BCUT2D eigenvalue weighted by Gasteiger charge is -2.30. The van der Waals surface area contributed by atoms with Crippen LogP contribution in [0.3, 0.4) is 0 Å². The second-order valence-electron chi connectivity index (χ2n) is 8.11. The molecule has 3 saturated heterocycles. The molecule has 3 heterocycles. The molecule has 0 radical (unpaired) electrons. The summed E-state index contributed by atoms with van der Waals surface area (Å²) in [5.41, 5.74) is 0.234. The molecule has 29 heavy (non-hydrogen) atoms. The summed E-state index contributed by atoms with van der Waals surface area (Å²) in [7, 11) is -3.14. The molecule has 9 heteroatoms. The molecule has 156 valence electrons. The number of carbonyl (C=O) groups is 3. The van der Waals surface area contributed by atoms with E-state index in [0.717, 1.165) is 42.8 Å². The molecule has 8 nitrogen and oxygen atoms in total. The van der Waals surface area contributed by atoms with Crippen molar-refractivity contribution in [2.45, 2.75) is 44.2 Å². The fraction of sp³-hybridized carbons (Fsp3) is 0.550. The molecule has 0 aromatic heterocycles. The molecular weight excluding hydrogens is 394 g/mol. The van der Waals surface area contributed by atoms with Crippen LogP contribution in [-0.4, -0.2) is 66.2 Å². The SMILES string of the molecule is O=C(c1ccc(CN2C(=O)NC3(CCS(=O)(=O)CC3)C2=O)cc1)N1CCCCC1. The third-order valence-corrected chi connectivity index (χ3v) is 7.76. The third-order valence-electron chi connectivity index (χ3n) is 6.11. The van der Waals surface area contributed by atoms with Gasteiger partial charge in [0, 0.05) is 18.7 Å². The fourth-order valence-corrected chi connectivity index (χ4v) is 5.78. The van der Waals surface area contributed by atoms with E-state index in [0.29, 0.717) is 5.56 Å². The Balaban J connectivity index is 1.43. The predicted octanol–water partition coefficient (Wildman–Crippen LogP) is 1.31. The van der Waals surface area contributed by atoms with E-state index in [2.05, 4.69) is 5.32 Å². The summed E-state index contributed by atoms with van der Waals surface area (Å²) in [5, 5.41) is 2.71. The molecule has 3 fully saturated rings. The van der Waals surface area contributed by atoms with Crippen LogP contribution >= 0.6 is 0 Å². The lowest BCUT2D eigenvalue weighted by atomic mass is 9.92. The van der Waals surface area contributed by atoms with E-state index in [4.69, 9.17) is 0 Å². The van der Waals surface area contributed by atoms with Crippen LogP contribution in [0, 0.1) is 0 Å². The maximum absolute atomic E-state index is 12.9. The van der Waals surface area contributed by atoms with Crippen molar-refractivity contribution < 1.29 is 22.8 Å². The van der Waals surface area contributed by atoms with Crippen molar-refractivity contribution in [1.29, 1.82) is 0 Å². The van der Waals surface area contributed by atoms with E-state index < -0.39 is 21.4 Å². The van der Waals surface area contributed by atoms with Crippen molar-refractivity contribution in [2.24, 2.45) is 0 Å². The fourth-order valence-electron chi connectivity index (χ4n) is 4.26. The molecule has 1 spiro atoms. The highest BCUT2D eigenvalue weighted by molar-refractivity contribution is 7.91. The summed E-state index contributed by atoms with van der Waals surface area (Å²) in [6.45, 7) is 1.65. The first-order chi connectivity index (χ1) is 13.8. The Bertz CT molecular complexity index is 921. The number of hydrogen-bond acceptors (Lipinski definition) is 5. The Morgan fingerprint density at radius 2 is 1.62 bits per heavy atom. The minimum Gasteiger partial charge on any atom is -0.339 e. The van der Waals surface area contributed by atoms with Gasteiger partial charge in [-0.3, -0.25) is 14.5 Å². The molecule has 1 aromatic rings. The number of nitrogens with one attached hydrogen (secondary N) is 1. The molecule has 1 N–H and O–H groups in total. The summed E-state index contributed by atoms with van der Waals surface area (Å²) < 4.78 is 23.4. The standard InChI is InChI=1S/C20H25N3O5S/c24-17(22-10-2-1-3-11-22)16-6-4-15(5-7-16)14-23-18(25)20(21-19(23)26)8-12-29(27,28)13-9-20/h4-7H,1-3,8-14H2,(H,21,26). The molecule has 4 amide bonds. The third kappa shape index (κ3) is 3.88. The summed E-state index contributed by atoms with van der Waals surface area (Å²) >= 11 is 0. The van der Waals surface area contributed by atoms with Crippen molar-refractivity contribution in [1.82, 2.24) is 15.1 Å². The molecule has 3 aliphatic heterocycles. The second-order valence-corrected chi connectivity index (χ2v) is 10.4. The van der Waals surface area contributed by atoms with Gasteiger partial charge >= 0.3 is 6.03 Å². The van der Waals surface area contributed by atoms with Gasteiger partial charge in [-0.15, -0.1) is 0 Å². The summed E-state index contributed by atoms with van der Waals surface area (Å²) in [6, 6.07) is 6.48. The van der Waals surface area contributed by atoms with Gasteiger partial charge in [-0.05, 0) is 49.8 Å². The first kappa shape index (κ1) is 19.9. The van der Waals surface area contributed by atoms with Gasteiger partial charge in [0.15, 0.2) is 9.84 Å². The molecule has 0 atom stereocenters. The monoisotopic (exact) mass is 419 g/mol. The topological polar surface area (TPSA) is 104 Å². The number of imide groups is 1. The van der Waals surface area contributed by atoms with E-state index in [1.54, 1.807) is 24.3 Å². The van der Waals surface area contributed by atoms with Gasteiger partial charge in [-0.2, -0.15) is 0 Å². The largest absolute Gasteiger partial charge is 0.339 e. The van der Waals surface area contributed by atoms with Gasteiger partial charge in [0.05, 0.1) is 18.1 Å². The van der Waals surface area contributed by atoms with E-state index in [1.807, 2.05) is 4.90 Å². The summed E-state index contributed by atoms with van der Waals surface area (Å²) in [6.07, 6.45) is 3.43. The number of urea groups is 1. The lowest BCUT2D eigenvalue weighted by Crippen LogP contribution is -2.52. The van der Waals surface area contributed by atoms with Crippen molar-refractivity contribution in [3.8, 4) is 0 Å². The van der Waals surface area contributed by atoms with Gasteiger partial charge < -0.3 is 10.2 Å². The molecule has 0 saturated carbocycles. The Kier molecular flexibility index (Phi) is 5.10. The van der Waals surface area contributed by atoms with E-state index in [-0.39, 0.29) is 42.7 Å². The van der Waals surface area contributed by atoms with Crippen LogP contribution in [0.1, 0.15) is 48.0 Å². The molecule has 4 rings (SSSR count). The van der Waals surface area contributed by atoms with E-state index >= 15 is 0 Å². The average molecular weight is 420 g/mol. The van der Waals surface area contributed by atoms with Crippen LogP contribution in [0.4, 0.5) is 4.79 Å². The number of amides is 4. The number of likely N-dealkylation sites (tertiary alicyclic amines) is 1. The molecule has 3 aliphatic rings. The molecule has 1 aromatic carbocycles. The van der Waals surface area contributed by atoms with Gasteiger partial charge in [0.2, 0.25) is 0 Å². The van der Waals surface area contributed by atoms with Gasteiger partial charge in [-0.25, -0.2) is 13.2 Å². The number of sulfone groups is 1. The molecule has 0 bridgehead atoms. The van der Waals surface area contributed by atoms with Crippen molar-refractivity contribution >= 4 is 27.7 Å². The summed E-state index contributed by atoms with van der Waals surface area (Å²) in [4.78, 5) is 40.8. The van der Waals surface area contributed by atoms with Gasteiger partial charge in [0.1, 0.15) is 5.54 Å². The molecular formula is C20H25N3O5S. The van der Waals surface area contributed by atoms with Crippen molar-refractivity contribution in [2.75, 3.05) is 24.6 Å². The van der Waals surface area contributed by atoms with E-state index in [1.165, 1.54) is 0 Å². The van der Waals surface area contributed by atoms with Gasteiger partial charge in [0.25, 0.3) is 11.8 Å². The van der Waals surface area contributed by atoms with Crippen LogP contribution in [0.5, 0.6) is 0 Å². The predicted molar refractivity (Wildman–Crippen MR) is 106 cm³/mol. The number of benzene rings is 1. The highest BCUT2D eigenvalue weighted by atomic mass is 32.2. The van der Waals surface area contributed by atoms with E-state index in [9.17, 15) is 22.8 Å². The number of hydrogen-bond donors (Lipinski definition) is 1. The normalized spacial score (nSPS) is 23.3. The minimum atomic E-state index is -3.14. The molecule has 0 aliphatic carbocycles. The minimum absolute atomic E-state index is 0.00797. The maximum atomic E-state index is 12.9. The smallest absolute Gasteiger partial charge is 0.325 e. The lowest BCUT2D eigenvalue weighted by molar-refractivity contribution is -0.132. The molecule has 0 unspecified atom stereocenters. The Morgan fingerprint density at radius 1 is 1.00 bits per heavy atom.